The zero-order valence-electron chi connectivity index (χ0n) is 43.0. The maximum atomic E-state index is 12.5. The smallest absolute Gasteiger partial charge is 0.305 e. The molecule has 3 N–H and O–H groups in total. The summed E-state index contributed by atoms with van der Waals surface area (Å²) in [6.07, 6.45) is 69.5. The molecule has 6 nitrogen and oxygen atoms in total. The first-order valence-electron chi connectivity index (χ1n) is 28.1. The third kappa shape index (κ3) is 50.8. The van der Waals surface area contributed by atoms with Crippen LogP contribution in [0.1, 0.15) is 277 Å². The first kappa shape index (κ1) is 62.6. The molecule has 0 heterocycles. The van der Waals surface area contributed by atoms with E-state index in [2.05, 4.69) is 67.8 Å². The fourth-order valence-corrected chi connectivity index (χ4v) is 8.19. The number of carbonyl (C=O) groups is 2. The van der Waals surface area contributed by atoms with Gasteiger partial charge in [0.2, 0.25) is 5.91 Å². The second-order valence-corrected chi connectivity index (χ2v) is 18.9. The van der Waals surface area contributed by atoms with Gasteiger partial charge in [-0.3, -0.25) is 9.59 Å². The highest BCUT2D eigenvalue weighted by Crippen LogP contribution is 2.15. The van der Waals surface area contributed by atoms with Gasteiger partial charge in [0.1, 0.15) is 0 Å². The highest BCUT2D eigenvalue weighted by molar-refractivity contribution is 5.76. The lowest BCUT2D eigenvalue weighted by Gasteiger charge is -2.20. The minimum atomic E-state index is -0.853. The summed E-state index contributed by atoms with van der Waals surface area (Å²) in [5, 5.41) is 23.1. The lowest BCUT2D eigenvalue weighted by atomic mass is 10.0. The molecule has 0 aromatic heterocycles. The Hall–Kier alpha value is -2.44. The Morgan fingerprint density at radius 3 is 1.32 bits per heavy atom. The van der Waals surface area contributed by atoms with Crippen molar-refractivity contribution in [1.29, 1.82) is 0 Å². The molecule has 378 valence electrons. The van der Waals surface area contributed by atoms with E-state index in [4.69, 9.17) is 4.74 Å². The van der Waals surface area contributed by atoms with E-state index in [0.717, 1.165) is 89.9 Å². The minimum Gasteiger partial charge on any atom is -0.466 e. The van der Waals surface area contributed by atoms with Gasteiger partial charge >= 0.3 is 5.97 Å². The SMILES string of the molecule is CCC/C=C\C/C=C\CCCCCCCC(=O)OCCCCC/C=C\C=C/CCCCCCCCCCCCC(=O)NC(CO)C(O)/C=C/CCCCCCCCCCCCCCCC. The molecule has 2 unspecified atom stereocenters. The van der Waals surface area contributed by atoms with E-state index in [9.17, 15) is 19.8 Å². The van der Waals surface area contributed by atoms with Gasteiger partial charge in [-0.05, 0) is 89.9 Å². The number of unbranched alkanes of at least 4 members (excludes halogenated alkanes) is 33. The molecule has 6 heteroatoms. The molecule has 0 saturated heterocycles. The number of esters is 1. The van der Waals surface area contributed by atoms with Crippen LogP contribution in [0.3, 0.4) is 0 Å². The van der Waals surface area contributed by atoms with Crippen LogP contribution in [0.5, 0.6) is 0 Å². The molecule has 65 heavy (non-hydrogen) atoms. The average Bonchev–Trinajstić information content (AvgIpc) is 3.31. The molecular weight excluding hydrogens is 803 g/mol. The molecule has 0 rings (SSSR count). The van der Waals surface area contributed by atoms with E-state index in [-0.39, 0.29) is 18.5 Å². The number of hydrogen-bond donors (Lipinski definition) is 3. The fourth-order valence-electron chi connectivity index (χ4n) is 8.19. The van der Waals surface area contributed by atoms with Crippen LogP contribution in [-0.2, 0) is 14.3 Å². The summed E-state index contributed by atoms with van der Waals surface area (Å²) in [5.74, 6) is -0.109. The summed E-state index contributed by atoms with van der Waals surface area (Å²) in [5.41, 5.74) is 0. The van der Waals surface area contributed by atoms with Crippen LogP contribution in [0.15, 0.2) is 60.8 Å². The molecule has 0 aliphatic rings. The Bertz CT molecular complexity index is 1140. The summed E-state index contributed by atoms with van der Waals surface area (Å²) in [6.45, 7) is 4.79. The second kappa shape index (κ2) is 54.2. The van der Waals surface area contributed by atoms with Crippen LogP contribution in [0.4, 0.5) is 0 Å². The third-order valence-electron chi connectivity index (χ3n) is 12.5. The molecule has 2 atom stereocenters. The van der Waals surface area contributed by atoms with Crippen molar-refractivity contribution >= 4 is 11.9 Å². The lowest BCUT2D eigenvalue weighted by molar-refractivity contribution is -0.143. The minimum absolute atomic E-state index is 0.0304. The quantitative estimate of drug-likeness (QED) is 0.0245. The number of carbonyl (C=O) groups excluding carboxylic acids is 2. The summed E-state index contributed by atoms with van der Waals surface area (Å²) in [7, 11) is 0. The molecule has 0 aliphatic heterocycles. The maximum absolute atomic E-state index is 12.5. The van der Waals surface area contributed by atoms with Crippen LogP contribution < -0.4 is 5.32 Å². The molecule has 0 bridgehead atoms. The van der Waals surface area contributed by atoms with Gasteiger partial charge in [-0.2, -0.15) is 0 Å². The van der Waals surface area contributed by atoms with E-state index in [1.54, 1.807) is 6.08 Å². The van der Waals surface area contributed by atoms with Crippen LogP contribution in [0.2, 0.25) is 0 Å². The number of allylic oxidation sites excluding steroid dienone is 9. The van der Waals surface area contributed by atoms with Gasteiger partial charge in [-0.25, -0.2) is 0 Å². The van der Waals surface area contributed by atoms with Crippen molar-refractivity contribution in [2.45, 2.75) is 289 Å². The number of aliphatic hydroxyl groups is 2. The standard InChI is InChI=1S/C59H107NO5/c1-3-5-7-9-11-13-15-17-18-24-28-31-35-39-43-47-51-57(62)56(55-61)60-58(63)52-48-44-40-36-32-29-25-22-20-19-21-23-26-30-34-38-42-46-50-54-65-59(64)53-49-45-41-37-33-27-16-14-12-10-8-6-4-2/h8,10,14,16,23,26,30,34,47,51,56-57,61-62H,3-7,9,11-13,15,17-22,24-25,27-29,31-33,35-46,48-50,52-55H2,1-2H3,(H,60,63)/b10-8-,16-14-,26-23-,34-30-,51-47+. The maximum Gasteiger partial charge on any atom is 0.305 e. The van der Waals surface area contributed by atoms with Crippen molar-refractivity contribution < 1.29 is 24.5 Å². The Labute approximate surface area is 403 Å². The molecule has 0 fully saturated rings. The monoisotopic (exact) mass is 910 g/mol. The number of ether oxygens (including phenoxy) is 1. The predicted octanol–water partition coefficient (Wildman–Crippen LogP) is 17.2. The van der Waals surface area contributed by atoms with E-state index >= 15 is 0 Å². The van der Waals surface area contributed by atoms with Gasteiger partial charge in [0, 0.05) is 12.8 Å². The average molecular weight is 911 g/mol. The topological polar surface area (TPSA) is 95.9 Å². The molecule has 0 aromatic rings. The fraction of sp³-hybridized carbons (Fsp3) is 0.797. The highest BCUT2D eigenvalue weighted by Gasteiger charge is 2.18. The molecule has 0 aromatic carbocycles. The normalized spacial score (nSPS) is 13.1. The number of amides is 1. The second-order valence-electron chi connectivity index (χ2n) is 18.9. The van der Waals surface area contributed by atoms with Crippen molar-refractivity contribution in [3.8, 4) is 0 Å². The first-order valence-corrected chi connectivity index (χ1v) is 28.1. The van der Waals surface area contributed by atoms with Gasteiger partial charge < -0.3 is 20.3 Å². The zero-order chi connectivity index (χ0) is 47.2. The Morgan fingerprint density at radius 1 is 0.446 bits per heavy atom. The number of rotatable bonds is 51. The van der Waals surface area contributed by atoms with Crippen LogP contribution in [0, 0.1) is 0 Å². The van der Waals surface area contributed by atoms with E-state index in [0.29, 0.717) is 19.4 Å². The van der Waals surface area contributed by atoms with Crippen molar-refractivity contribution in [2.75, 3.05) is 13.2 Å². The van der Waals surface area contributed by atoms with E-state index in [1.165, 1.54) is 161 Å². The first-order chi connectivity index (χ1) is 32.0. The Morgan fingerprint density at radius 2 is 0.846 bits per heavy atom. The van der Waals surface area contributed by atoms with Crippen molar-refractivity contribution in [3.05, 3.63) is 60.8 Å². The summed E-state index contributed by atoms with van der Waals surface area (Å²) in [6, 6.07) is -0.637. The molecule has 0 saturated carbocycles. The van der Waals surface area contributed by atoms with Gasteiger partial charge in [0.25, 0.3) is 0 Å². The molecule has 0 spiro atoms. The summed E-state index contributed by atoms with van der Waals surface area (Å²) < 4.78 is 5.43. The van der Waals surface area contributed by atoms with Gasteiger partial charge in [0.05, 0.1) is 25.4 Å². The number of nitrogens with one attached hydrogen (secondary N) is 1. The largest absolute Gasteiger partial charge is 0.466 e. The van der Waals surface area contributed by atoms with Gasteiger partial charge in [-0.15, -0.1) is 0 Å². The van der Waals surface area contributed by atoms with E-state index < -0.39 is 12.1 Å². The van der Waals surface area contributed by atoms with Crippen molar-refractivity contribution in [3.63, 3.8) is 0 Å². The Balaban J connectivity index is 3.53. The van der Waals surface area contributed by atoms with Crippen molar-refractivity contribution in [1.82, 2.24) is 5.32 Å². The number of hydrogen-bond acceptors (Lipinski definition) is 5. The predicted molar refractivity (Wildman–Crippen MR) is 282 cm³/mol. The molecule has 1 amide bonds. The summed E-state index contributed by atoms with van der Waals surface area (Å²) in [4.78, 5) is 24.4. The highest BCUT2D eigenvalue weighted by atomic mass is 16.5. The third-order valence-corrected chi connectivity index (χ3v) is 12.5. The van der Waals surface area contributed by atoms with Crippen molar-refractivity contribution in [2.24, 2.45) is 0 Å². The molecule has 0 radical (unpaired) electrons. The van der Waals surface area contributed by atoms with Crippen LogP contribution in [0.25, 0.3) is 0 Å². The van der Waals surface area contributed by atoms with Crippen LogP contribution in [-0.4, -0.2) is 47.4 Å². The van der Waals surface area contributed by atoms with Crippen LogP contribution >= 0.6 is 0 Å². The summed E-state index contributed by atoms with van der Waals surface area (Å²) >= 11 is 0. The lowest BCUT2D eigenvalue weighted by Crippen LogP contribution is -2.45. The molecule has 0 aliphatic carbocycles. The van der Waals surface area contributed by atoms with Gasteiger partial charge in [0.15, 0.2) is 0 Å². The van der Waals surface area contributed by atoms with Gasteiger partial charge in [-0.1, -0.05) is 235 Å². The molecular formula is C59H107NO5. The van der Waals surface area contributed by atoms with E-state index in [1.807, 2.05) is 6.08 Å². The number of aliphatic hydroxyl groups excluding tert-OH is 2. The Kier molecular flexibility index (Phi) is 52.1. The zero-order valence-corrected chi connectivity index (χ0v) is 43.0.